The number of carbonyl (C=O) groups excluding carboxylic acids is 2. The maximum Gasteiger partial charge on any atom is 0.294 e. The monoisotopic (exact) mass is 416 g/mol. The van der Waals surface area contributed by atoms with E-state index in [1.54, 1.807) is 17.0 Å². The molecule has 0 fully saturated rings. The largest absolute Gasteiger partial charge is 0.459 e. The normalized spacial score (nSPS) is 18.9. The second-order valence-corrected chi connectivity index (χ2v) is 8.16. The van der Waals surface area contributed by atoms with E-state index >= 15 is 0 Å². The zero-order valence-corrected chi connectivity index (χ0v) is 18.2. The Hall–Kier alpha value is -3.34. The second-order valence-electron chi connectivity index (χ2n) is 8.16. The SMILES string of the molecule is CC[C@@H](C)C(=O)N(c1ccccc1)[C@@H]1C[C@@H](C)N(C(=O)c2ccco2)c2ccccc21. The molecule has 1 aliphatic heterocycles. The standard InChI is InChI=1S/C26H28N2O3/c1-4-18(2)25(29)28(20-11-6-5-7-12-20)23-17-19(3)27(22-14-9-8-13-21(22)23)26(30)24-15-10-16-31-24/h5-16,18-19,23H,4,17H2,1-3H3/t18-,19-,23-/m1/s1. The maximum absolute atomic E-state index is 13.5. The van der Waals surface area contributed by atoms with Gasteiger partial charge < -0.3 is 14.2 Å². The Balaban J connectivity index is 1.81. The first-order valence-corrected chi connectivity index (χ1v) is 10.9. The van der Waals surface area contributed by atoms with Gasteiger partial charge in [0.05, 0.1) is 12.3 Å². The highest BCUT2D eigenvalue weighted by atomic mass is 16.3. The molecule has 5 heteroatoms. The van der Waals surface area contributed by atoms with E-state index in [2.05, 4.69) is 0 Å². The molecule has 2 aromatic carbocycles. The van der Waals surface area contributed by atoms with Gasteiger partial charge in [0.2, 0.25) is 5.91 Å². The van der Waals surface area contributed by atoms with Crippen molar-refractivity contribution in [3.8, 4) is 0 Å². The molecule has 0 N–H and O–H groups in total. The van der Waals surface area contributed by atoms with E-state index in [-0.39, 0.29) is 29.8 Å². The van der Waals surface area contributed by atoms with E-state index in [4.69, 9.17) is 4.42 Å². The molecule has 31 heavy (non-hydrogen) atoms. The Kier molecular flexibility index (Phi) is 5.94. The average Bonchev–Trinajstić information content (AvgIpc) is 3.34. The highest BCUT2D eigenvalue weighted by Crippen LogP contribution is 2.43. The minimum absolute atomic E-state index is 0.0922. The number of furan rings is 1. The lowest BCUT2D eigenvalue weighted by Gasteiger charge is -2.44. The number of carbonyl (C=O) groups is 2. The lowest BCUT2D eigenvalue weighted by atomic mass is 9.89. The minimum atomic E-state index is -0.164. The summed E-state index contributed by atoms with van der Waals surface area (Å²) >= 11 is 0. The molecule has 0 bridgehead atoms. The van der Waals surface area contributed by atoms with E-state index in [0.717, 1.165) is 23.4 Å². The molecule has 0 spiro atoms. The van der Waals surface area contributed by atoms with Crippen molar-refractivity contribution >= 4 is 23.2 Å². The number of hydrogen-bond acceptors (Lipinski definition) is 3. The van der Waals surface area contributed by atoms with Gasteiger partial charge in [0.15, 0.2) is 5.76 Å². The van der Waals surface area contributed by atoms with Crippen molar-refractivity contribution in [2.75, 3.05) is 9.80 Å². The summed E-state index contributed by atoms with van der Waals surface area (Å²) in [5.74, 6) is 0.163. The van der Waals surface area contributed by atoms with Crippen LogP contribution in [-0.2, 0) is 4.79 Å². The third-order valence-corrected chi connectivity index (χ3v) is 6.13. The van der Waals surface area contributed by atoms with E-state index in [9.17, 15) is 9.59 Å². The van der Waals surface area contributed by atoms with Gasteiger partial charge in [0.25, 0.3) is 5.91 Å². The summed E-state index contributed by atoms with van der Waals surface area (Å²) in [5.41, 5.74) is 2.68. The molecule has 2 amide bonds. The Morgan fingerprint density at radius 3 is 2.45 bits per heavy atom. The fourth-order valence-electron chi connectivity index (χ4n) is 4.32. The summed E-state index contributed by atoms with van der Waals surface area (Å²) in [6, 6.07) is 20.8. The highest BCUT2D eigenvalue weighted by molar-refractivity contribution is 6.06. The number of anilines is 2. The van der Waals surface area contributed by atoms with Crippen LogP contribution < -0.4 is 9.80 Å². The predicted molar refractivity (Wildman–Crippen MR) is 122 cm³/mol. The average molecular weight is 417 g/mol. The zero-order valence-electron chi connectivity index (χ0n) is 18.2. The van der Waals surface area contributed by atoms with Gasteiger partial charge in [0.1, 0.15) is 0 Å². The van der Waals surface area contributed by atoms with Crippen molar-refractivity contribution in [2.24, 2.45) is 5.92 Å². The summed E-state index contributed by atoms with van der Waals surface area (Å²) in [5, 5.41) is 0. The van der Waals surface area contributed by atoms with Crippen LogP contribution in [0.5, 0.6) is 0 Å². The summed E-state index contributed by atoms with van der Waals surface area (Å²) in [6.45, 7) is 6.04. The zero-order chi connectivity index (χ0) is 22.0. The Labute approximate surface area is 183 Å². The molecule has 1 aromatic heterocycles. The molecular weight excluding hydrogens is 388 g/mol. The van der Waals surface area contributed by atoms with Gasteiger partial charge in [-0.15, -0.1) is 0 Å². The Morgan fingerprint density at radius 1 is 1.06 bits per heavy atom. The predicted octanol–water partition coefficient (Wildman–Crippen LogP) is 5.84. The third kappa shape index (κ3) is 3.88. The van der Waals surface area contributed by atoms with Gasteiger partial charge in [0, 0.05) is 23.3 Å². The van der Waals surface area contributed by atoms with Gasteiger partial charge >= 0.3 is 0 Å². The van der Waals surface area contributed by atoms with Crippen molar-refractivity contribution in [2.45, 2.75) is 45.7 Å². The van der Waals surface area contributed by atoms with Gasteiger partial charge in [-0.05, 0) is 55.7 Å². The van der Waals surface area contributed by atoms with Crippen molar-refractivity contribution in [3.05, 3.63) is 84.3 Å². The minimum Gasteiger partial charge on any atom is -0.459 e. The van der Waals surface area contributed by atoms with Crippen molar-refractivity contribution < 1.29 is 14.0 Å². The van der Waals surface area contributed by atoms with Gasteiger partial charge in [-0.2, -0.15) is 0 Å². The highest BCUT2D eigenvalue weighted by Gasteiger charge is 2.39. The van der Waals surface area contributed by atoms with Crippen LogP contribution in [0, 0.1) is 5.92 Å². The van der Waals surface area contributed by atoms with Crippen LogP contribution in [-0.4, -0.2) is 17.9 Å². The summed E-state index contributed by atoms with van der Waals surface area (Å²) in [6.07, 6.45) is 2.92. The van der Waals surface area contributed by atoms with Crippen LogP contribution in [0.25, 0.3) is 0 Å². The van der Waals surface area contributed by atoms with Crippen molar-refractivity contribution in [1.82, 2.24) is 0 Å². The molecule has 0 unspecified atom stereocenters. The lowest BCUT2D eigenvalue weighted by molar-refractivity contribution is -0.122. The molecular formula is C26H28N2O3. The number of fused-ring (bicyclic) bond motifs is 1. The topological polar surface area (TPSA) is 53.8 Å². The first-order valence-electron chi connectivity index (χ1n) is 10.9. The number of nitrogens with zero attached hydrogens (tertiary/aromatic N) is 2. The molecule has 5 nitrogen and oxygen atoms in total. The first kappa shape index (κ1) is 20.9. The first-order chi connectivity index (χ1) is 15.0. The fourth-order valence-corrected chi connectivity index (χ4v) is 4.32. The molecule has 3 atom stereocenters. The summed E-state index contributed by atoms with van der Waals surface area (Å²) in [7, 11) is 0. The molecule has 0 saturated carbocycles. The summed E-state index contributed by atoms with van der Waals surface area (Å²) in [4.78, 5) is 30.5. The van der Waals surface area contributed by atoms with Crippen LogP contribution in [0.1, 0.15) is 55.8 Å². The molecule has 160 valence electrons. The molecule has 1 aliphatic rings. The Morgan fingerprint density at radius 2 is 1.77 bits per heavy atom. The smallest absolute Gasteiger partial charge is 0.294 e. The molecule has 4 rings (SSSR count). The van der Waals surface area contributed by atoms with Crippen LogP contribution in [0.4, 0.5) is 11.4 Å². The van der Waals surface area contributed by atoms with E-state index < -0.39 is 0 Å². The third-order valence-electron chi connectivity index (χ3n) is 6.13. The van der Waals surface area contributed by atoms with Crippen LogP contribution >= 0.6 is 0 Å². The van der Waals surface area contributed by atoms with Gasteiger partial charge in [-0.25, -0.2) is 0 Å². The Bertz CT molecular complexity index is 1050. The number of amides is 2. The molecule has 0 saturated heterocycles. The number of rotatable bonds is 5. The molecule has 2 heterocycles. The van der Waals surface area contributed by atoms with E-state index in [0.29, 0.717) is 12.2 Å². The van der Waals surface area contributed by atoms with Crippen molar-refractivity contribution in [1.29, 1.82) is 0 Å². The molecule has 3 aromatic rings. The van der Waals surface area contributed by atoms with E-state index in [1.165, 1.54) is 6.26 Å². The number of para-hydroxylation sites is 2. The van der Waals surface area contributed by atoms with E-state index in [1.807, 2.05) is 80.3 Å². The lowest BCUT2D eigenvalue weighted by Crippen LogP contribution is -2.48. The van der Waals surface area contributed by atoms with Crippen molar-refractivity contribution in [3.63, 3.8) is 0 Å². The number of hydrogen-bond donors (Lipinski definition) is 0. The maximum atomic E-state index is 13.5. The summed E-state index contributed by atoms with van der Waals surface area (Å²) < 4.78 is 5.38. The second kappa shape index (κ2) is 8.80. The van der Waals surface area contributed by atoms with Crippen LogP contribution in [0.3, 0.4) is 0 Å². The van der Waals surface area contributed by atoms with Crippen LogP contribution in [0.15, 0.2) is 77.4 Å². The van der Waals surface area contributed by atoms with Gasteiger partial charge in [-0.1, -0.05) is 50.2 Å². The molecule has 0 radical (unpaired) electrons. The number of benzene rings is 2. The quantitative estimate of drug-likeness (QED) is 0.525. The van der Waals surface area contributed by atoms with Crippen LogP contribution in [0.2, 0.25) is 0 Å². The molecule has 0 aliphatic carbocycles. The van der Waals surface area contributed by atoms with Gasteiger partial charge in [-0.3, -0.25) is 9.59 Å². The fraction of sp³-hybridized carbons (Fsp3) is 0.308.